The molecule has 1 fully saturated rings. The Morgan fingerprint density at radius 1 is 1.26 bits per heavy atom. The summed E-state index contributed by atoms with van der Waals surface area (Å²) < 4.78 is 29.5. The Kier molecular flexibility index (Phi) is 3.08. The normalized spacial score (nSPS) is 22.0. The molecule has 19 heavy (non-hydrogen) atoms. The Balaban J connectivity index is 1.95. The number of sulfone groups is 1. The van der Waals surface area contributed by atoms with Crippen LogP contribution in [0.4, 0.5) is 5.69 Å². The van der Waals surface area contributed by atoms with Crippen LogP contribution in [0.2, 0.25) is 0 Å². The number of ether oxygens (including phenoxy) is 1. The van der Waals surface area contributed by atoms with E-state index in [1.54, 1.807) is 18.2 Å². The average molecular weight is 280 g/mol. The second-order valence-corrected chi connectivity index (χ2v) is 6.56. The molecule has 0 aliphatic carbocycles. The highest BCUT2D eigenvalue weighted by atomic mass is 32.2. The van der Waals surface area contributed by atoms with Crippen molar-refractivity contribution in [3.05, 3.63) is 29.2 Å². The fourth-order valence-corrected chi connectivity index (χ4v) is 4.05. The molecule has 6 heteroatoms. The number of rotatable bonds is 2. The van der Waals surface area contributed by atoms with Gasteiger partial charge in [-0.2, -0.15) is 0 Å². The molecule has 102 valence electrons. The van der Waals surface area contributed by atoms with Gasteiger partial charge in [0.25, 0.3) is 0 Å². The van der Waals surface area contributed by atoms with E-state index >= 15 is 0 Å². The lowest BCUT2D eigenvalue weighted by atomic mass is 10.0. The highest BCUT2D eigenvalue weighted by molar-refractivity contribution is 7.95. The van der Waals surface area contributed by atoms with Gasteiger partial charge in [-0.1, -0.05) is 6.07 Å². The molecule has 0 unspecified atom stereocenters. The van der Waals surface area contributed by atoms with E-state index in [0.29, 0.717) is 35.9 Å². The van der Waals surface area contributed by atoms with E-state index in [1.165, 1.54) is 5.41 Å². The average Bonchev–Trinajstić information content (AvgIpc) is 2.63. The SMILES string of the molecule is Nc1cccc2c1C(CN1CCOCC1)=CS2(=O)=O. The molecule has 5 nitrogen and oxygen atoms in total. The number of fused-ring (bicyclic) bond motifs is 1. The van der Waals surface area contributed by atoms with E-state index in [-0.39, 0.29) is 0 Å². The quantitative estimate of drug-likeness (QED) is 0.809. The van der Waals surface area contributed by atoms with Crippen LogP contribution in [0.1, 0.15) is 5.56 Å². The summed E-state index contributed by atoms with van der Waals surface area (Å²) in [6.45, 7) is 3.62. The topological polar surface area (TPSA) is 72.6 Å². The van der Waals surface area contributed by atoms with Gasteiger partial charge in [-0.25, -0.2) is 8.42 Å². The molecule has 0 bridgehead atoms. The number of nitrogens with zero attached hydrogens (tertiary/aromatic N) is 1. The highest BCUT2D eigenvalue weighted by Gasteiger charge is 2.29. The summed E-state index contributed by atoms with van der Waals surface area (Å²) in [5.41, 5.74) is 7.93. The summed E-state index contributed by atoms with van der Waals surface area (Å²) in [5.74, 6) is 0. The third-order valence-corrected chi connectivity index (χ3v) is 5.03. The van der Waals surface area contributed by atoms with E-state index in [4.69, 9.17) is 10.5 Å². The summed E-state index contributed by atoms with van der Waals surface area (Å²) >= 11 is 0. The van der Waals surface area contributed by atoms with Crippen molar-refractivity contribution < 1.29 is 13.2 Å². The maximum Gasteiger partial charge on any atom is 0.200 e. The van der Waals surface area contributed by atoms with Crippen LogP contribution in [-0.4, -0.2) is 46.2 Å². The van der Waals surface area contributed by atoms with Crippen LogP contribution >= 0.6 is 0 Å². The van der Waals surface area contributed by atoms with Gasteiger partial charge in [0.1, 0.15) is 0 Å². The summed E-state index contributed by atoms with van der Waals surface area (Å²) in [5, 5.41) is 1.35. The molecule has 0 saturated carbocycles. The number of hydrogen-bond donors (Lipinski definition) is 1. The standard InChI is InChI=1S/C13H16N2O3S/c14-11-2-1-3-12-13(11)10(9-19(12,16)17)8-15-4-6-18-7-5-15/h1-3,9H,4-8,14H2. The summed E-state index contributed by atoms with van der Waals surface area (Å²) in [6, 6.07) is 5.04. The first kappa shape index (κ1) is 12.7. The van der Waals surface area contributed by atoms with Crippen molar-refractivity contribution in [2.24, 2.45) is 0 Å². The number of morpholine rings is 1. The first-order valence-electron chi connectivity index (χ1n) is 6.22. The maximum atomic E-state index is 12.1. The predicted molar refractivity (Wildman–Crippen MR) is 73.3 cm³/mol. The van der Waals surface area contributed by atoms with E-state index in [9.17, 15) is 8.42 Å². The zero-order valence-electron chi connectivity index (χ0n) is 10.5. The molecule has 0 amide bonds. The molecule has 0 aromatic heterocycles. The molecule has 1 aromatic rings. The molecule has 1 aromatic carbocycles. The van der Waals surface area contributed by atoms with Crippen molar-refractivity contribution in [3.63, 3.8) is 0 Å². The Morgan fingerprint density at radius 2 is 2.00 bits per heavy atom. The zero-order valence-corrected chi connectivity index (χ0v) is 11.3. The number of nitrogens with two attached hydrogens (primary N) is 1. The number of anilines is 1. The number of benzene rings is 1. The van der Waals surface area contributed by atoms with Gasteiger partial charge in [0.15, 0.2) is 0 Å². The molecule has 0 atom stereocenters. The van der Waals surface area contributed by atoms with Crippen molar-refractivity contribution >= 4 is 21.1 Å². The largest absolute Gasteiger partial charge is 0.398 e. The van der Waals surface area contributed by atoms with E-state index < -0.39 is 9.84 Å². The van der Waals surface area contributed by atoms with Crippen LogP contribution in [-0.2, 0) is 14.6 Å². The van der Waals surface area contributed by atoms with Gasteiger partial charge in [-0.05, 0) is 17.7 Å². The summed E-state index contributed by atoms with van der Waals surface area (Å²) in [4.78, 5) is 2.52. The molecule has 0 radical (unpaired) electrons. The first-order valence-corrected chi connectivity index (χ1v) is 7.77. The minimum atomic E-state index is -3.33. The minimum absolute atomic E-state index is 0.329. The van der Waals surface area contributed by atoms with Gasteiger partial charge in [0.2, 0.25) is 9.84 Å². The van der Waals surface area contributed by atoms with Crippen molar-refractivity contribution in [2.45, 2.75) is 4.90 Å². The van der Waals surface area contributed by atoms with Gasteiger partial charge < -0.3 is 10.5 Å². The van der Waals surface area contributed by atoms with Gasteiger partial charge >= 0.3 is 0 Å². The minimum Gasteiger partial charge on any atom is -0.398 e. The molecule has 2 N–H and O–H groups in total. The van der Waals surface area contributed by atoms with Gasteiger partial charge in [0.05, 0.1) is 18.1 Å². The Bertz CT molecular complexity index is 631. The van der Waals surface area contributed by atoms with E-state index in [1.807, 2.05) is 0 Å². The van der Waals surface area contributed by atoms with Crippen LogP contribution < -0.4 is 5.73 Å². The van der Waals surface area contributed by atoms with Gasteiger partial charge in [-0.15, -0.1) is 0 Å². The second-order valence-electron chi connectivity index (χ2n) is 4.80. The van der Waals surface area contributed by atoms with Crippen LogP contribution in [0.25, 0.3) is 5.57 Å². The Morgan fingerprint density at radius 3 is 2.74 bits per heavy atom. The lowest BCUT2D eigenvalue weighted by Crippen LogP contribution is -2.37. The third kappa shape index (κ3) is 2.27. The fourth-order valence-electron chi connectivity index (χ4n) is 2.56. The maximum absolute atomic E-state index is 12.1. The molecule has 2 aliphatic rings. The smallest absolute Gasteiger partial charge is 0.200 e. The molecular formula is C13H16N2O3S. The van der Waals surface area contributed by atoms with Crippen LogP contribution in [0.3, 0.4) is 0 Å². The predicted octanol–water partition coefficient (Wildman–Crippen LogP) is 0.729. The summed E-state index contributed by atoms with van der Waals surface area (Å²) in [7, 11) is -3.33. The molecular weight excluding hydrogens is 264 g/mol. The van der Waals surface area contributed by atoms with Crippen LogP contribution in [0, 0.1) is 0 Å². The number of nitrogen functional groups attached to an aromatic ring is 1. The van der Waals surface area contributed by atoms with Crippen molar-refractivity contribution in [1.82, 2.24) is 4.90 Å². The van der Waals surface area contributed by atoms with E-state index in [2.05, 4.69) is 4.90 Å². The van der Waals surface area contributed by atoms with Crippen LogP contribution in [0.5, 0.6) is 0 Å². The van der Waals surface area contributed by atoms with E-state index in [0.717, 1.165) is 18.7 Å². The van der Waals surface area contributed by atoms with Crippen molar-refractivity contribution in [1.29, 1.82) is 0 Å². The van der Waals surface area contributed by atoms with Crippen molar-refractivity contribution in [3.8, 4) is 0 Å². The molecule has 1 saturated heterocycles. The Labute approximate surface area is 112 Å². The lowest BCUT2D eigenvalue weighted by Gasteiger charge is -2.27. The molecule has 0 spiro atoms. The van der Waals surface area contributed by atoms with Crippen LogP contribution in [0.15, 0.2) is 28.5 Å². The zero-order chi connectivity index (χ0) is 13.5. The monoisotopic (exact) mass is 280 g/mol. The summed E-state index contributed by atoms with van der Waals surface area (Å²) in [6.07, 6.45) is 0. The molecule has 2 heterocycles. The third-order valence-electron chi connectivity index (χ3n) is 3.48. The molecule has 3 rings (SSSR count). The lowest BCUT2D eigenvalue weighted by molar-refractivity contribution is 0.0444. The number of hydrogen-bond acceptors (Lipinski definition) is 5. The second kappa shape index (κ2) is 4.63. The molecule has 2 aliphatic heterocycles. The van der Waals surface area contributed by atoms with Gasteiger partial charge in [-0.3, -0.25) is 4.90 Å². The Hall–Kier alpha value is -1.37. The fraction of sp³-hybridized carbons (Fsp3) is 0.385. The first-order chi connectivity index (χ1) is 9.08. The van der Waals surface area contributed by atoms with Crippen molar-refractivity contribution in [2.75, 3.05) is 38.6 Å². The highest BCUT2D eigenvalue weighted by Crippen LogP contribution is 2.37. The van der Waals surface area contributed by atoms with Gasteiger partial charge in [0, 0.05) is 36.3 Å².